The Kier molecular flexibility index (Phi) is 16.4. The molecule has 4 heteroatoms. The minimum absolute atomic E-state index is 0.156. The average molecular weight is 359 g/mol. The van der Waals surface area contributed by atoms with Crippen molar-refractivity contribution in [1.82, 2.24) is 0 Å². The Balaban J connectivity index is 3.38. The van der Waals surface area contributed by atoms with Gasteiger partial charge in [-0.15, -0.1) is 0 Å². The molecule has 0 aromatic carbocycles. The Morgan fingerprint density at radius 2 is 1.16 bits per heavy atom. The second-order valence-corrected chi connectivity index (χ2v) is 7.97. The second-order valence-electron chi connectivity index (χ2n) is 7.97. The molecule has 0 bridgehead atoms. The monoisotopic (exact) mass is 358 g/mol. The molecule has 2 unspecified atom stereocenters. The number of hydrogen-bond donors (Lipinski definition) is 3. The van der Waals surface area contributed by atoms with Crippen LogP contribution in [0, 0.1) is 11.8 Å². The zero-order chi connectivity index (χ0) is 18.9. The first-order valence-electron chi connectivity index (χ1n) is 10.5. The Labute approximate surface area is 155 Å². The van der Waals surface area contributed by atoms with E-state index in [4.69, 9.17) is 10.2 Å². The van der Waals surface area contributed by atoms with E-state index < -0.39 is 18.0 Å². The number of carbonyl (C=O) groups is 1. The van der Waals surface area contributed by atoms with Crippen molar-refractivity contribution in [3.05, 3.63) is 0 Å². The molecule has 2 atom stereocenters. The summed E-state index contributed by atoms with van der Waals surface area (Å²) in [6.07, 6.45) is 15.0. The lowest BCUT2D eigenvalue weighted by Gasteiger charge is -2.15. The van der Waals surface area contributed by atoms with Crippen LogP contribution in [0.1, 0.15) is 104 Å². The summed E-state index contributed by atoms with van der Waals surface area (Å²) in [5.74, 6) is -0.552. The highest BCUT2D eigenvalue weighted by Gasteiger charge is 2.20. The zero-order valence-electron chi connectivity index (χ0n) is 16.6. The number of carboxylic acids is 1. The van der Waals surface area contributed by atoms with Crippen LogP contribution in [0.5, 0.6) is 0 Å². The van der Waals surface area contributed by atoms with Crippen molar-refractivity contribution in [2.75, 3.05) is 6.61 Å². The fourth-order valence-electron chi connectivity index (χ4n) is 3.28. The molecular formula is C21H42O4. The summed E-state index contributed by atoms with van der Waals surface area (Å²) in [6, 6.07) is 0. The van der Waals surface area contributed by atoms with Gasteiger partial charge in [0.1, 0.15) is 0 Å². The van der Waals surface area contributed by atoms with Crippen LogP contribution in [0.15, 0.2) is 0 Å². The lowest BCUT2D eigenvalue weighted by molar-refractivity contribution is -0.143. The molecule has 25 heavy (non-hydrogen) atoms. The van der Waals surface area contributed by atoms with Crippen LogP contribution in [0.25, 0.3) is 0 Å². The fourth-order valence-corrected chi connectivity index (χ4v) is 3.28. The van der Waals surface area contributed by atoms with Gasteiger partial charge in [-0.25, -0.2) is 0 Å². The molecule has 0 heterocycles. The van der Waals surface area contributed by atoms with Gasteiger partial charge < -0.3 is 15.3 Å². The maximum Gasteiger partial charge on any atom is 0.306 e. The first kappa shape index (κ1) is 24.4. The van der Waals surface area contributed by atoms with Crippen LogP contribution in [-0.4, -0.2) is 34.0 Å². The number of unbranched alkanes of at least 4 members (excludes halogenated alkanes) is 10. The van der Waals surface area contributed by atoms with E-state index in [1.54, 1.807) is 0 Å². The standard InChI is InChI=1S/C21H42O4/c1-18(2)14-12-10-8-6-4-3-5-7-9-11-13-15-19(21(24)25)16-20(23)17-22/h18-20,22-23H,3-17H2,1-2H3,(H,24,25). The molecule has 0 rings (SSSR count). The van der Waals surface area contributed by atoms with Crippen LogP contribution in [0.3, 0.4) is 0 Å². The van der Waals surface area contributed by atoms with E-state index in [1.807, 2.05) is 0 Å². The van der Waals surface area contributed by atoms with Crippen molar-refractivity contribution in [1.29, 1.82) is 0 Å². The first-order valence-corrected chi connectivity index (χ1v) is 10.5. The third-order valence-electron chi connectivity index (χ3n) is 4.95. The number of aliphatic carboxylic acids is 1. The minimum atomic E-state index is -0.911. The molecular weight excluding hydrogens is 316 g/mol. The highest BCUT2D eigenvalue weighted by molar-refractivity contribution is 5.69. The van der Waals surface area contributed by atoms with Gasteiger partial charge in [-0.1, -0.05) is 90.9 Å². The smallest absolute Gasteiger partial charge is 0.306 e. The zero-order valence-corrected chi connectivity index (χ0v) is 16.6. The summed E-state index contributed by atoms with van der Waals surface area (Å²) in [7, 11) is 0. The Hall–Kier alpha value is -0.610. The topological polar surface area (TPSA) is 77.8 Å². The van der Waals surface area contributed by atoms with E-state index in [0.717, 1.165) is 18.8 Å². The molecule has 0 aromatic rings. The van der Waals surface area contributed by atoms with Crippen molar-refractivity contribution >= 4 is 5.97 Å². The van der Waals surface area contributed by atoms with E-state index in [0.29, 0.717) is 6.42 Å². The van der Waals surface area contributed by atoms with Gasteiger partial charge >= 0.3 is 5.97 Å². The van der Waals surface area contributed by atoms with Gasteiger partial charge in [0.25, 0.3) is 0 Å². The van der Waals surface area contributed by atoms with Crippen LogP contribution in [0.2, 0.25) is 0 Å². The van der Waals surface area contributed by atoms with Crippen LogP contribution >= 0.6 is 0 Å². The van der Waals surface area contributed by atoms with Crippen molar-refractivity contribution in [3.8, 4) is 0 Å². The first-order chi connectivity index (χ1) is 12.0. The van der Waals surface area contributed by atoms with Gasteiger partial charge in [-0.05, 0) is 18.8 Å². The molecule has 0 aliphatic rings. The van der Waals surface area contributed by atoms with Gasteiger partial charge in [-0.3, -0.25) is 4.79 Å². The van der Waals surface area contributed by atoms with Crippen LogP contribution in [-0.2, 0) is 4.79 Å². The molecule has 0 radical (unpaired) electrons. The number of aliphatic hydroxyl groups is 2. The van der Waals surface area contributed by atoms with Crippen molar-refractivity contribution in [3.63, 3.8) is 0 Å². The largest absolute Gasteiger partial charge is 0.481 e. The van der Waals surface area contributed by atoms with Crippen molar-refractivity contribution in [2.24, 2.45) is 11.8 Å². The SMILES string of the molecule is CC(C)CCCCCCCCCCCCCC(CC(O)CO)C(=O)O. The molecule has 4 nitrogen and oxygen atoms in total. The number of hydrogen-bond acceptors (Lipinski definition) is 3. The molecule has 0 amide bonds. The van der Waals surface area contributed by atoms with Gasteiger partial charge in [-0.2, -0.15) is 0 Å². The third kappa shape index (κ3) is 16.6. The summed E-state index contributed by atoms with van der Waals surface area (Å²) in [5, 5.41) is 27.3. The number of rotatable bonds is 18. The average Bonchev–Trinajstić information content (AvgIpc) is 2.57. The Morgan fingerprint density at radius 3 is 1.52 bits per heavy atom. The van der Waals surface area contributed by atoms with E-state index >= 15 is 0 Å². The molecule has 3 N–H and O–H groups in total. The second kappa shape index (κ2) is 16.8. The maximum absolute atomic E-state index is 11.1. The lowest BCUT2D eigenvalue weighted by atomic mass is 9.94. The van der Waals surface area contributed by atoms with E-state index in [2.05, 4.69) is 13.8 Å². The van der Waals surface area contributed by atoms with E-state index in [1.165, 1.54) is 64.2 Å². The fraction of sp³-hybridized carbons (Fsp3) is 0.952. The molecule has 150 valence electrons. The molecule has 0 spiro atoms. The van der Waals surface area contributed by atoms with E-state index in [-0.39, 0.29) is 13.0 Å². The minimum Gasteiger partial charge on any atom is -0.481 e. The van der Waals surface area contributed by atoms with Gasteiger partial charge in [0.15, 0.2) is 0 Å². The Bertz CT molecular complexity index is 304. The summed E-state index contributed by atoms with van der Waals surface area (Å²) in [4.78, 5) is 11.1. The summed E-state index contributed by atoms with van der Waals surface area (Å²) in [6.45, 7) is 4.22. The predicted octanol–water partition coefficient (Wildman–Crippen LogP) is 5.16. The third-order valence-corrected chi connectivity index (χ3v) is 4.95. The molecule has 0 saturated carbocycles. The lowest BCUT2D eigenvalue weighted by Crippen LogP contribution is -2.23. The van der Waals surface area contributed by atoms with Crippen molar-refractivity contribution < 1.29 is 20.1 Å². The van der Waals surface area contributed by atoms with E-state index in [9.17, 15) is 9.90 Å². The van der Waals surface area contributed by atoms with Gasteiger partial charge in [0.05, 0.1) is 18.6 Å². The Morgan fingerprint density at radius 1 is 0.760 bits per heavy atom. The van der Waals surface area contributed by atoms with Crippen LogP contribution < -0.4 is 0 Å². The van der Waals surface area contributed by atoms with Gasteiger partial charge in [0, 0.05) is 0 Å². The predicted molar refractivity (Wildman–Crippen MR) is 104 cm³/mol. The number of aliphatic hydroxyl groups excluding tert-OH is 2. The van der Waals surface area contributed by atoms with Crippen LogP contribution in [0.4, 0.5) is 0 Å². The molecule has 0 aromatic heterocycles. The summed E-state index contributed by atoms with van der Waals surface area (Å²) >= 11 is 0. The number of carboxylic acid groups (broad SMARTS) is 1. The molecule has 0 aliphatic carbocycles. The molecule has 0 aliphatic heterocycles. The quantitative estimate of drug-likeness (QED) is 0.296. The molecule has 0 saturated heterocycles. The summed E-state index contributed by atoms with van der Waals surface area (Å²) in [5.41, 5.74) is 0. The molecule has 0 fully saturated rings. The van der Waals surface area contributed by atoms with Crippen molar-refractivity contribution in [2.45, 2.75) is 110 Å². The highest BCUT2D eigenvalue weighted by Crippen LogP contribution is 2.18. The van der Waals surface area contributed by atoms with Gasteiger partial charge in [0.2, 0.25) is 0 Å². The highest BCUT2D eigenvalue weighted by atomic mass is 16.4. The summed E-state index contributed by atoms with van der Waals surface area (Å²) < 4.78 is 0. The maximum atomic E-state index is 11.1. The normalized spacial score (nSPS) is 14.0.